The van der Waals surface area contributed by atoms with Gasteiger partial charge in [-0.3, -0.25) is 4.90 Å². The van der Waals surface area contributed by atoms with E-state index in [9.17, 15) is 4.39 Å². The van der Waals surface area contributed by atoms with Gasteiger partial charge in [-0.05, 0) is 31.7 Å². The highest BCUT2D eigenvalue weighted by Crippen LogP contribution is 2.27. The standard InChI is InChI=1S/C16H21FN2O/c1-3-15(18)16(13-8-4-5-9-14(13)17)19(2)11-12-7-6-10-20-12/h4-10,15-16H,3,11,18H2,1-2H3. The third-order valence-electron chi connectivity index (χ3n) is 3.56. The van der Waals surface area contributed by atoms with Crippen LogP contribution in [0.2, 0.25) is 0 Å². The smallest absolute Gasteiger partial charge is 0.128 e. The Morgan fingerprint density at radius 2 is 2.00 bits per heavy atom. The summed E-state index contributed by atoms with van der Waals surface area (Å²) in [4.78, 5) is 2.03. The summed E-state index contributed by atoms with van der Waals surface area (Å²) >= 11 is 0. The first-order valence-electron chi connectivity index (χ1n) is 6.86. The molecule has 1 aromatic carbocycles. The van der Waals surface area contributed by atoms with Gasteiger partial charge in [0.15, 0.2) is 0 Å². The second-order valence-electron chi connectivity index (χ2n) is 5.03. The predicted octanol–water partition coefficient (Wildman–Crippen LogP) is 3.33. The van der Waals surface area contributed by atoms with E-state index in [4.69, 9.17) is 10.2 Å². The Morgan fingerprint density at radius 3 is 2.60 bits per heavy atom. The lowest BCUT2D eigenvalue weighted by molar-refractivity contribution is 0.184. The Hall–Kier alpha value is -1.65. The number of furan rings is 1. The van der Waals surface area contributed by atoms with E-state index in [-0.39, 0.29) is 17.9 Å². The number of halogens is 1. The van der Waals surface area contributed by atoms with Crippen molar-refractivity contribution in [3.05, 3.63) is 59.8 Å². The van der Waals surface area contributed by atoms with Crippen LogP contribution in [0.25, 0.3) is 0 Å². The van der Waals surface area contributed by atoms with Gasteiger partial charge in [0.2, 0.25) is 0 Å². The summed E-state index contributed by atoms with van der Waals surface area (Å²) < 4.78 is 19.4. The van der Waals surface area contributed by atoms with Crippen LogP contribution in [0.15, 0.2) is 47.1 Å². The molecule has 2 unspecified atom stereocenters. The SMILES string of the molecule is CCC(N)C(c1ccccc1F)N(C)Cc1ccco1. The van der Waals surface area contributed by atoms with E-state index in [1.807, 2.05) is 37.1 Å². The van der Waals surface area contributed by atoms with Gasteiger partial charge in [0.1, 0.15) is 11.6 Å². The lowest BCUT2D eigenvalue weighted by Crippen LogP contribution is -2.39. The summed E-state index contributed by atoms with van der Waals surface area (Å²) in [6.45, 7) is 2.61. The van der Waals surface area contributed by atoms with Crippen molar-refractivity contribution in [1.82, 2.24) is 4.90 Å². The molecular weight excluding hydrogens is 255 g/mol. The number of likely N-dealkylation sites (N-methyl/N-ethyl adjacent to an activating group) is 1. The maximum absolute atomic E-state index is 14.1. The number of rotatable bonds is 6. The molecule has 0 saturated heterocycles. The number of nitrogens with two attached hydrogens (primary N) is 1. The monoisotopic (exact) mass is 276 g/mol. The molecular formula is C16H21FN2O. The first-order valence-corrected chi connectivity index (χ1v) is 6.86. The van der Waals surface area contributed by atoms with Crippen molar-refractivity contribution in [3.8, 4) is 0 Å². The maximum atomic E-state index is 14.1. The van der Waals surface area contributed by atoms with Crippen molar-refractivity contribution in [2.24, 2.45) is 5.73 Å². The summed E-state index contributed by atoms with van der Waals surface area (Å²) in [7, 11) is 1.94. The van der Waals surface area contributed by atoms with Gasteiger partial charge in [0.25, 0.3) is 0 Å². The molecule has 2 atom stereocenters. The zero-order chi connectivity index (χ0) is 14.5. The van der Waals surface area contributed by atoms with E-state index in [2.05, 4.69) is 0 Å². The fourth-order valence-electron chi connectivity index (χ4n) is 2.48. The van der Waals surface area contributed by atoms with E-state index in [0.717, 1.165) is 12.2 Å². The molecule has 20 heavy (non-hydrogen) atoms. The van der Waals surface area contributed by atoms with Crippen LogP contribution in [0.4, 0.5) is 4.39 Å². The molecule has 0 aliphatic rings. The van der Waals surface area contributed by atoms with Crippen LogP contribution in [-0.4, -0.2) is 18.0 Å². The predicted molar refractivity (Wildman–Crippen MR) is 77.6 cm³/mol. The van der Waals surface area contributed by atoms with Crippen LogP contribution in [0.1, 0.15) is 30.7 Å². The Morgan fingerprint density at radius 1 is 1.25 bits per heavy atom. The molecule has 0 saturated carbocycles. The zero-order valence-electron chi connectivity index (χ0n) is 11.9. The summed E-state index contributed by atoms with van der Waals surface area (Å²) in [5, 5.41) is 0. The number of hydrogen-bond donors (Lipinski definition) is 1. The van der Waals surface area contributed by atoms with Crippen molar-refractivity contribution in [3.63, 3.8) is 0 Å². The zero-order valence-corrected chi connectivity index (χ0v) is 11.9. The minimum Gasteiger partial charge on any atom is -0.468 e. The summed E-state index contributed by atoms with van der Waals surface area (Å²) in [6, 6.07) is 10.3. The van der Waals surface area contributed by atoms with Crippen LogP contribution in [0, 0.1) is 5.82 Å². The molecule has 0 bridgehead atoms. The van der Waals surface area contributed by atoms with Crippen LogP contribution in [0.3, 0.4) is 0 Å². The molecule has 0 aliphatic carbocycles. The largest absolute Gasteiger partial charge is 0.468 e. The highest BCUT2D eigenvalue weighted by Gasteiger charge is 2.26. The van der Waals surface area contributed by atoms with E-state index in [1.165, 1.54) is 6.07 Å². The van der Waals surface area contributed by atoms with Crippen LogP contribution in [-0.2, 0) is 6.54 Å². The molecule has 2 N–H and O–H groups in total. The van der Waals surface area contributed by atoms with E-state index in [0.29, 0.717) is 12.1 Å². The van der Waals surface area contributed by atoms with Crippen LogP contribution < -0.4 is 5.73 Å². The first-order chi connectivity index (χ1) is 9.63. The van der Waals surface area contributed by atoms with Gasteiger partial charge in [0, 0.05) is 11.6 Å². The average Bonchev–Trinajstić information content (AvgIpc) is 2.93. The second-order valence-corrected chi connectivity index (χ2v) is 5.03. The minimum atomic E-state index is -0.215. The molecule has 108 valence electrons. The molecule has 0 amide bonds. The molecule has 0 aliphatic heterocycles. The normalized spacial score (nSPS) is 14.4. The second kappa shape index (κ2) is 6.68. The molecule has 0 spiro atoms. The highest BCUT2D eigenvalue weighted by molar-refractivity contribution is 5.23. The lowest BCUT2D eigenvalue weighted by Gasteiger charge is -2.32. The van der Waals surface area contributed by atoms with Gasteiger partial charge in [0.05, 0.1) is 18.8 Å². The Bertz CT molecular complexity index is 527. The van der Waals surface area contributed by atoms with Crippen LogP contribution >= 0.6 is 0 Å². The summed E-state index contributed by atoms with van der Waals surface area (Å²) in [5.41, 5.74) is 6.84. The fraction of sp³-hybridized carbons (Fsp3) is 0.375. The van der Waals surface area contributed by atoms with Crippen molar-refractivity contribution in [2.75, 3.05) is 7.05 Å². The van der Waals surface area contributed by atoms with Gasteiger partial charge in [-0.2, -0.15) is 0 Å². The Kier molecular flexibility index (Phi) is 4.93. The molecule has 3 nitrogen and oxygen atoms in total. The average molecular weight is 276 g/mol. The molecule has 2 rings (SSSR count). The van der Waals surface area contributed by atoms with Crippen molar-refractivity contribution in [1.29, 1.82) is 0 Å². The fourth-order valence-corrected chi connectivity index (χ4v) is 2.48. The summed E-state index contributed by atoms with van der Waals surface area (Å²) in [6.07, 6.45) is 2.42. The third-order valence-corrected chi connectivity index (χ3v) is 3.56. The molecule has 0 fully saturated rings. The van der Waals surface area contributed by atoms with E-state index < -0.39 is 0 Å². The first kappa shape index (κ1) is 14.8. The molecule has 4 heteroatoms. The molecule has 1 heterocycles. The number of benzene rings is 1. The van der Waals surface area contributed by atoms with Crippen LogP contribution in [0.5, 0.6) is 0 Å². The molecule has 0 radical (unpaired) electrons. The van der Waals surface area contributed by atoms with Gasteiger partial charge >= 0.3 is 0 Å². The number of nitrogens with zero attached hydrogens (tertiary/aromatic N) is 1. The maximum Gasteiger partial charge on any atom is 0.128 e. The molecule has 2 aromatic rings. The minimum absolute atomic E-state index is 0.133. The third kappa shape index (κ3) is 3.26. The molecule has 1 aromatic heterocycles. The van der Waals surface area contributed by atoms with Gasteiger partial charge < -0.3 is 10.2 Å². The topological polar surface area (TPSA) is 42.4 Å². The van der Waals surface area contributed by atoms with E-state index >= 15 is 0 Å². The van der Waals surface area contributed by atoms with Crippen molar-refractivity contribution < 1.29 is 8.81 Å². The van der Waals surface area contributed by atoms with Crippen molar-refractivity contribution in [2.45, 2.75) is 32.0 Å². The lowest BCUT2D eigenvalue weighted by atomic mass is 9.96. The highest BCUT2D eigenvalue weighted by atomic mass is 19.1. The quantitative estimate of drug-likeness (QED) is 0.880. The summed E-state index contributed by atoms with van der Waals surface area (Å²) in [5.74, 6) is 0.629. The van der Waals surface area contributed by atoms with Gasteiger partial charge in [-0.1, -0.05) is 25.1 Å². The van der Waals surface area contributed by atoms with Crippen molar-refractivity contribution >= 4 is 0 Å². The van der Waals surface area contributed by atoms with Gasteiger partial charge in [-0.15, -0.1) is 0 Å². The van der Waals surface area contributed by atoms with E-state index in [1.54, 1.807) is 18.4 Å². The van der Waals surface area contributed by atoms with Gasteiger partial charge in [-0.25, -0.2) is 4.39 Å². The number of hydrogen-bond acceptors (Lipinski definition) is 3. The Labute approximate surface area is 119 Å². The Balaban J connectivity index is 2.25.